The Bertz CT molecular complexity index is 1360. The first kappa shape index (κ1) is 16.9. The molecule has 6 heteroatoms. The van der Waals surface area contributed by atoms with Crippen molar-refractivity contribution in [3.8, 4) is 11.3 Å². The molecule has 0 radical (unpaired) electrons. The van der Waals surface area contributed by atoms with Crippen LogP contribution in [-0.2, 0) is 20.0 Å². The van der Waals surface area contributed by atoms with Gasteiger partial charge in [-0.05, 0) is 24.3 Å². The van der Waals surface area contributed by atoms with Gasteiger partial charge in [-0.15, -0.1) is 11.3 Å². The maximum Gasteiger partial charge on any atom is 0.259 e. The molecule has 28 heavy (non-hydrogen) atoms. The minimum atomic E-state index is 0.0377. The maximum atomic E-state index is 13.2. The number of pyridine rings is 2. The molecule has 5 nitrogen and oxygen atoms in total. The summed E-state index contributed by atoms with van der Waals surface area (Å²) in [5.41, 5.74) is 3.92. The fourth-order valence-corrected chi connectivity index (χ4v) is 4.51. The molecule has 1 aromatic carbocycles. The van der Waals surface area contributed by atoms with E-state index in [4.69, 9.17) is 4.98 Å². The van der Waals surface area contributed by atoms with Crippen LogP contribution in [0, 0.1) is 0 Å². The van der Waals surface area contributed by atoms with Crippen molar-refractivity contribution in [2.45, 2.75) is 13.0 Å². The van der Waals surface area contributed by atoms with Gasteiger partial charge in [0.25, 0.3) is 5.56 Å². The van der Waals surface area contributed by atoms with Crippen molar-refractivity contribution in [2.24, 2.45) is 7.05 Å². The molecular weight excluding hydrogens is 368 g/mol. The Hall–Kier alpha value is -3.25. The van der Waals surface area contributed by atoms with Gasteiger partial charge in [0.2, 0.25) is 0 Å². The zero-order chi connectivity index (χ0) is 19.1. The van der Waals surface area contributed by atoms with Crippen LogP contribution in [0.3, 0.4) is 0 Å². The molecular formula is C22H18N4OS. The van der Waals surface area contributed by atoms with Gasteiger partial charge < -0.3 is 4.57 Å². The average molecular weight is 386 g/mol. The van der Waals surface area contributed by atoms with Crippen molar-refractivity contribution in [1.29, 1.82) is 0 Å². The fraction of sp³-hybridized carbons (Fsp3) is 0.136. The third-order valence-electron chi connectivity index (χ3n) is 5.06. The lowest BCUT2D eigenvalue weighted by Gasteiger charge is -2.08. The molecule has 0 aliphatic heterocycles. The van der Waals surface area contributed by atoms with E-state index in [1.165, 1.54) is 0 Å². The van der Waals surface area contributed by atoms with Gasteiger partial charge in [-0.3, -0.25) is 14.5 Å². The van der Waals surface area contributed by atoms with Gasteiger partial charge in [0.1, 0.15) is 0 Å². The second kappa shape index (κ2) is 6.73. The molecule has 0 aliphatic carbocycles. The van der Waals surface area contributed by atoms with E-state index in [2.05, 4.69) is 17.2 Å². The summed E-state index contributed by atoms with van der Waals surface area (Å²) in [7, 11) is 1.89. The van der Waals surface area contributed by atoms with Gasteiger partial charge in [0.05, 0.1) is 16.6 Å². The minimum absolute atomic E-state index is 0.0377. The van der Waals surface area contributed by atoms with Crippen LogP contribution in [0.25, 0.3) is 32.2 Å². The summed E-state index contributed by atoms with van der Waals surface area (Å²) in [5.74, 6) is 0. The van der Waals surface area contributed by atoms with E-state index >= 15 is 0 Å². The average Bonchev–Trinajstić information content (AvgIpc) is 3.33. The van der Waals surface area contributed by atoms with Crippen molar-refractivity contribution in [3.63, 3.8) is 0 Å². The topological polar surface area (TPSA) is 52.7 Å². The Morgan fingerprint density at radius 3 is 2.82 bits per heavy atom. The van der Waals surface area contributed by atoms with Crippen LogP contribution < -0.4 is 5.56 Å². The summed E-state index contributed by atoms with van der Waals surface area (Å²) >= 11 is 1.59. The monoisotopic (exact) mass is 386 g/mol. The van der Waals surface area contributed by atoms with Crippen LogP contribution in [0.1, 0.15) is 5.69 Å². The molecule has 138 valence electrons. The highest BCUT2D eigenvalue weighted by Gasteiger charge is 2.14. The van der Waals surface area contributed by atoms with Crippen LogP contribution in [0.15, 0.2) is 71.1 Å². The Kier molecular flexibility index (Phi) is 4.06. The van der Waals surface area contributed by atoms with Crippen molar-refractivity contribution in [3.05, 3.63) is 82.4 Å². The second-order valence-corrected chi connectivity index (χ2v) is 7.70. The Labute approximate surface area is 165 Å². The molecule has 0 saturated heterocycles. The van der Waals surface area contributed by atoms with E-state index in [9.17, 15) is 4.79 Å². The molecule has 0 unspecified atom stereocenters. The molecule has 5 rings (SSSR count). The van der Waals surface area contributed by atoms with E-state index < -0.39 is 0 Å². The fourth-order valence-electron chi connectivity index (χ4n) is 3.57. The second-order valence-electron chi connectivity index (χ2n) is 6.79. The van der Waals surface area contributed by atoms with Gasteiger partial charge in [0.15, 0.2) is 0 Å². The lowest BCUT2D eigenvalue weighted by molar-refractivity contribution is 0.667. The molecule has 4 heterocycles. The molecule has 0 aliphatic rings. The maximum absolute atomic E-state index is 13.2. The summed E-state index contributed by atoms with van der Waals surface area (Å²) in [6, 6.07) is 16.2. The molecule has 0 saturated carbocycles. The number of nitrogens with zero attached hydrogens (tertiary/aromatic N) is 4. The third-order valence-corrected chi connectivity index (χ3v) is 6.01. The molecule has 0 N–H and O–H groups in total. The van der Waals surface area contributed by atoms with Crippen molar-refractivity contribution in [2.75, 3.05) is 0 Å². The molecule has 0 fully saturated rings. The standard InChI is InChI=1S/C22H18N4OS/c1-25-19(8-11-23-25)17-14-28-20-10-13-26(22(27)21(17)20)12-9-16-7-6-15-4-2-3-5-18(15)24-16/h2-8,10-11,13-14H,9,12H2,1H3. The van der Waals surface area contributed by atoms with E-state index in [-0.39, 0.29) is 5.56 Å². The zero-order valence-electron chi connectivity index (χ0n) is 15.4. The summed E-state index contributed by atoms with van der Waals surface area (Å²) < 4.78 is 4.59. The normalized spacial score (nSPS) is 11.5. The minimum Gasteiger partial charge on any atom is -0.315 e. The molecule has 5 aromatic rings. The van der Waals surface area contributed by atoms with Crippen molar-refractivity contribution in [1.82, 2.24) is 19.3 Å². The van der Waals surface area contributed by atoms with Crippen molar-refractivity contribution < 1.29 is 0 Å². The molecule has 0 bridgehead atoms. The Morgan fingerprint density at radius 1 is 1.07 bits per heavy atom. The zero-order valence-corrected chi connectivity index (χ0v) is 16.2. The van der Waals surface area contributed by atoms with Crippen LogP contribution in [0.4, 0.5) is 0 Å². The number of hydrogen-bond acceptors (Lipinski definition) is 4. The Morgan fingerprint density at radius 2 is 1.96 bits per heavy atom. The van der Waals surface area contributed by atoms with E-state index in [1.54, 1.807) is 26.8 Å². The van der Waals surface area contributed by atoms with Crippen LogP contribution in [0.2, 0.25) is 0 Å². The van der Waals surface area contributed by atoms with Gasteiger partial charge >= 0.3 is 0 Å². The highest BCUT2D eigenvalue weighted by molar-refractivity contribution is 7.17. The van der Waals surface area contributed by atoms with Crippen molar-refractivity contribution >= 4 is 32.3 Å². The summed E-state index contributed by atoms with van der Waals surface area (Å²) in [6.07, 6.45) is 4.35. The number of aryl methyl sites for hydroxylation is 3. The predicted octanol–water partition coefficient (Wildman–Crippen LogP) is 4.25. The Balaban J connectivity index is 1.50. The highest BCUT2D eigenvalue weighted by Crippen LogP contribution is 2.31. The lowest BCUT2D eigenvalue weighted by atomic mass is 10.1. The lowest BCUT2D eigenvalue weighted by Crippen LogP contribution is -2.20. The first-order valence-electron chi connectivity index (χ1n) is 9.14. The van der Waals surface area contributed by atoms with Crippen LogP contribution in [-0.4, -0.2) is 19.3 Å². The van der Waals surface area contributed by atoms with Gasteiger partial charge in [0, 0.05) is 59.1 Å². The number of thiophene rings is 1. The number of fused-ring (bicyclic) bond motifs is 2. The quantitative estimate of drug-likeness (QED) is 0.464. The summed E-state index contributed by atoms with van der Waals surface area (Å²) in [4.78, 5) is 17.9. The number of rotatable bonds is 4. The predicted molar refractivity (Wildman–Crippen MR) is 114 cm³/mol. The first-order valence-corrected chi connectivity index (χ1v) is 10.0. The largest absolute Gasteiger partial charge is 0.315 e. The van der Waals surface area contributed by atoms with E-state index in [1.807, 2.05) is 55.0 Å². The molecule has 0 atom stereocenters. The smallest absolute Gasteiger partial charge is 0.259 e. The SMILES string of the molecule is Cn1nccc1-c1csc2ccn(CCc3ccc4ccccc4n3)c(=O)c12. The van der Waals surface area contributed by atoms with E-state index in [0.29, 0.717) is 13.0 Å². The van der Waals surface area contributed by atoms with Gasteiger partial charge in [-0.2, -0.15) is 5.10 Å². The first-order chi connectivity index (χ1) is 13.7. The number of hydrogen-bond donors (Lipinski definition) is 0. The van der Waals surface area contributed by atoms with Gasteiger partial charge in [-0.25, -0.2) is 0 Å². The summed E-state index contributed by atoms with van der Waals surface area (Å²) in [5, 5.41) is 8.17. The van der Waals surface area contributed by atoms with Crippen LogP contribution in [0.5, 0.6) is 0 Å². The van der Waals surface area contributed by atoms with E-state index in [0.717, 1.165) is 37.9 Å². The van der Waals surface area contributed by atoms with Crippen LogP contribution >= 0.6 is 11.3 Å². The third kappa shape index (κ3) is 2.82. The highest BCUT2D eigenvalue weighted by atomic mass is 32.1. The molecule has 0 spiro atoms. The number of para-hydroxylation sites is 1. The molecule has 4 aromatic heterocycles. The number of aromatic nitrogens is 4. The molecule has 0 amide bonds. The number of benzene rings is 1. The van der Waals surface area contributed by atoms with Gasteiger partial charge in [-0.1, -0.05) is 24.3 Å². The summed E-state index contributed by atoms with van der Waals surface area (Å²) in [6.45, 7) is 0.598.